The van der Waals surface area contributed by atoms with Crippen molar-refractivity contribution in [3.63, 3.8) is 0 Å². The van der Waals surface area contributed by atoms with Crippen molar-refractivity contribution in [1.82, 2.24) is 0 Å². The smallest absolute Gasteiger partial charge is 0.311 e. The van der Waals surface area contributed by atoms with E-state index >= 15 is 0 Å². The zero-order chi connectivity index (χ0) is 13.8. The van der Waals surface area contributed by atoms with Crippen molar-refractivity contribution in [3.05, 3.63) is 33.3 Å². The van der Waals surface area contributed by atoms with Crippen molar-refractivity contribution in [1.29, 1.82) is 0 Å². The summed E-state index contributed by atoms with van der Waals surface area (Å²) in [5.41, 5.74) is -0.208. The molecular weight excluding hydrogens is 274 g/mol. The van der Waals surface area contributed by atoms with Crippen molar-refractivity contribution < 1.29 is 19.2 Å². The van der Waals surface area contributed by atoms with E-state index < -0.39 is 4.92 Å². The zero-order valence-electron chi connectivity index (χ0n) is 10.0. The summed E-state index contributed by atoms with van der Waals surface area (Å²) in [5.74, 6) is -0.297. The Hall–Kier alpha value is -1.66. The molecule has 0 aliphatic carbocycles. The van der Waals surface area contributed by atoms with Crippen LogP contribution < -0.4 is 4.74 Å². The van der Waals surface area contributed by atoms with Crippen molar-refractivity contribution in [2.45, 2.75) is 6.42 Å². The molecule has 19 heavy (non-hydrogen) atoms. The van der Waals surface area contributed by atoms with Gasteiger partial charge < -0.3 is 9.47 Å². The molecule has 1 heterocycles. The third kappa shape index (κ3) is 3.42. The average Bonchev–Trinajstić information content (AvgIpc) is 2.89. The predicted molar refractivity (Wildman–Crippen MR) is 67.5 cm³/mol. The lowest BCUT2D eigenvalue weighted by atomic mass is 10.0. The van der Waals surface area contributed by atoms with E-state index in [2.05, 4.69) is 0 Å². The van der Waals surface area contributed by atoms with Gasteiger partial charge in [0.2, 0.25) is 0 Å². The SMILES string of the molecule is O=C(COc1cc(Cl)ccc1[N+](=O)[O-])C1CCOC1. The third-order valence-corrected chi connectivity index (χ3v) is 3.11. The van der Waals surface area contributed by atoms with Gasteiger partial charge in [0.1, 0.15) is 6.61 Å². The maximum atomic E-state index is 11.8. The molecule has 1 aromatic rings. The lowest BCUT2D eigenvalue weighted by Crippen LogP contribution is -2.21. The fourth-order valence-electron chi connectivity index (χ4n) is 1.81. The number of nitrogens with zero attached hydrogens (tertiary/aromatic N) is 1. The third-order valence-electron chi connectivity index (χ3n) is 2.87. The molecule has 1 aliphatic heterocycles. The summed E-state index contributed by atoms with van der Waals surface area (Å²) in [4.78, 5) is 22.0. The van der Waals surface area contributed by atoms with Crippen LogP contribution >= 0.6 is 11.6 Å². The monoisotopic (exact) mass is 285 g/mol. The second kappa shape index (κ2) is 5.99. The second-order valence-electron chi connectivity index (χ2n) is 4.18. The highest BCUT2D eigenvalue weighted by Crippen LogP contribution is 2.30. The molecule has 1 fully saturated rings. The van der Waals surface area contributed by atoms with Crippen LogP contribution in [-0.4, -0.2) is 30.5 Å². The Labute approximate surface area is 114 Å². The topological polar surface area (TPSA) is 78.7 Å². The standard InChI is InChI=1S/C12H12ClNO5/c13-9-1-2-10(14(16)17)12(5-9)19-7-11(15)8-3-4-18-6-8/h1-2,5,8H,3-4,6-7H2. The Morgan fingerprint density at radius 2 is 2.37 bits per heavy atom. The van der Waals surface area contributed by atoms with E-state index in [-0.39, 0.29) is 29.7 Å². The molecular formula is C12H12ClNO5. The summed E-state index contributed by atoms with van der Waals surface area (Å²) in [7, 11) is 0. The van der Waals surface area contributed by atoms with Gasteiger partial charge in [-0.25, -0.2) is 0 Å². The quantitative estimate of drug-likeness (QED) is 0.612. The molecule has 0 spiro atoms. The molecule has 0 saturated carbocycles. The highest BCUT2D eigenvalue weighted by atomic mass is 35.5. The summed E-state index contributed by atoms with van der Waals surface area (Å²) in [5, 5.41) is 11.1. The maximum absolute atomic E-state index is 11.8. The van der Waals surface area contributed by atoms with Gasteiger partial charge in [0.05, 0.1) is 11.5 Å². The van der Waals surface area contributed by atoms with Gasteiger partial charge in [-0.1, -0.05) is 11.6 Å². The summed E-state index contributed by atoms with van der Waals surface area (Å²) in [6, 6.07) is 3.98. The number of nitro groups is 1. The molecule has 1 aliphatic rings. The van der Waals surface area contributed by atoms with Crippen LogP contribution in [0.4, 0.5) is 5.69 Å². The van der Waals surface area contributed by atoms with Crippen LogP contribution in [0.25, 0.3) is 0 Å². The van der Waals surface area contributed by atoms with E-state index in [1.807, 2.05) is 0 Å². The number of hydrogen-bond acceptors (Lipinski definition) is 5. The van der Waals surface area contributed by atoms with E-state index in [4.69, 9.17) is 21.1 Å². The van der Waals surface area contributed by atoms with E-state index in [0.29, 0.717) is 24.7 Å². The van der Waals surface area contributed by atoms with Gasteiger partial charge in [-0.15, -0.1) is 0 Å². The van der Waals surface area contributed by atoms with Crippen molar-refractivity contribution in [2.24, 2.45) is 5.92 Å². The van der Waals surface area contributed by atoms with Gasteiger partial charge in [-0.3, -0.25) is 14.9 Å². The normalized spacial score (nSPS) is 18.3. The number of ether oxygens (including phenoxy) is 2. The summed E-state index contributed by atoms with van der Waals surface area (Å²) < 4.78 is 10.3. The number of rotatable bonds is 5. The number of benzene rings is 1. The van der Waals surface area contributed by atoms with Crippen LogP contribution in [0.15, 0.2) is 18.2 Å². The first-order chi connectivity index (χ1) is 9.08. The van der Waals surface area contributed by atoms with Crippen molar-refractivity contribution in [3.8, 4) is 5.75 Å². The summed E-state index contributed by atoms with van der Waals surface area (Å²) in [6.45, 7) is 0.739. The Kier molecular flexibility index (Phi) is 4.34. The minimum absolute atomic E-state index is 0.00441. The molecule has 1 unspecified atom stereocenters. The average molecular weight is 286 g/mol. The number of carbonyl (C=O) groups excluding carboxylic acids is 1. The lowest BCUT2D eigenvalue weighted by Gasteiger charge is -2.09. The first kappa shape index (κ1) is 13.8. The van der Waals surface area contributed by atoms with Crippen LogP contribution in [0.2, 0.25) is 5.02 Å². The molecule has 0 bridgehead atoms. The molecule has 0 radical (unpaired) electrons. The summed E-state index contributed by atoms with van der Waals surface area (Å²) >= 11 is 5.76. The van der Waals surface area contributed by atoms with Gasteiger partial charge >= 0.3 is 5.69 Å². The van der Waals surface area contributed by atoms with Gasteiger partial charge in [0.15, 0.2) is 11.5 Å². The van der Waals surface area contributed by atoms with Crippen molar-refractivity contribution >= 4 is 23.1 Å². The lowest BCUT2D eigenvalue weighted by molar-refractivity contribution is -0.385. The number of carbonyl (C=O) groups is 1. The van der Waals surface area contributed by atoms with Crippen LogP contribution in [0.3, 0.4) is 0 Å². The van der Waals surface area contributed by atoms with E-state index in [1.54, 1.807) is 0 Å². The Bertz CT molecular complexity index is 499. The van der Waals surface area contributed by atoms with Crippen LogP contribution in [-0.2, 0) is 9.53 Å². The highest BCUT2D eigenvalue weighted by molar-refractivity contribution is 6.30. The minimum Gasteiger partial charge on any atom is -0.479 e. The van der Waals surface area contributed by atoms with E-state index in [0.717, 1.165) is 0 Å². The molecule has 0 N–H and O–H groups in total. The number of Topliss-reactive ketones (excluding diaryl/α,β-unsaturated/α-hetero) is 1. The van der Waals surface area contributed by atoms with Gasteiger partial charge in [0.25, 0.3) is 0 Å². The van der Waals surface area contributed by atoms with Crippen LogP contribution in [0.1, 0.15) is 6.42 Å². The van der Waals surface area contributed by atoms with Gasteiger partial charge in [0, 0.05) is 29.7 Å². The molecule has 2 rings (SSSR count). The number of nitro benzene ring substituents is 1. The zero-order valence-corrected chi connectivity index (χ0v) is 10.8. The largest absolute Gasteiger partial charge is 0.479 e. The molecule has 1 saturated heterocycles. The summed E-state index contributed by atoms with van der Waals surface area (Å²) in [6.07, 6.45) is 0.667. The first-order valence-electron chi connectivity index (χ1n) is 5.75. The molecule has 0 amide bonds. The highest BCUT2D eigenvalue weighted by Gasteiger charge is 2.25. The van der Waals surface area contributed by atoms with Crippen molar-refractivity contribution in [2.75, 3.05) is 19.8 Å². The fraction of sp³-hybridized carbons (Fsp3) is 0.417. The Morgan fingerprint density at radius 1 is 1.58 bits per heavy atom. The number of halogens is 1. The molecule has 102 valence electrons. The molecule has 6 nitrogen and oxygen atoms in total. The predicted octanol–water partition coefficient (Wildman–Crippen LogP) is 2.23. The molecule has 1 aromatic carbocycles. The maximum Gasteiger partial charge on any atom is 0.311 e. The first-order valence-corrected chi connectivity index (χ1v) is 6.13. The molecule has 0 aromatic heterocycles. The Balaban J connectivity index is 2.04. The van der Waals surface area contributed by atoms with Gasteiger partial charge in [-0.2, -0.15) is 0 Å². The molecule has 1 atom stereocenters. The second-order valence-corrected chi connectivity index (χ2v) is 4.62. The number of hydrogen-bond donors (Lipinski definition) is 0. The Morgan fingerprint density at radius 3 is 3.00 bits per heavy atom. The van der Waals surface area contributed by atoms with Gasteiger partial charge in [-0.05, 0) is 12.5 Å². The number of ketones is 1. The van der Waals surface area contributed by atoms with E-state index in [9.17, 15) is 14.9 Å². The fourth-order valence-corrected chi connectivity index (χ4v) is 1.97. The van der Waals surface area contributed by atoms with E-state index in [1.165, 1.54) is 18.2 Å². The molecule has 7 heteroatoms. The van der Waals surface area contributed by atoms with Crippen LogP contribution in [0.5, 0.6) is 5.75 Å². The minimum atomic E-state index is -0.575. The van der Waals surface area contributed by atoms with Crippen LogP contribution in [0, 0.1) is 16.0 Å².